The normalized spacial score (nSPS) is 16.5. The fourth-order valence-corrected chi connectivity index (χ4v) is 3.40. The minimum atomic E-state index is -3.73. The van der Waals surface area contributed by atoms with Gasteiger partial charge in [-0.05, 0) is 38.3 Å². The van der Waals surface area contributed by atoms with Gasteiger partial charge in [0.25, 0.3) is 5.69 Å². The number of nitro benzene ring substituents is 1. The van der Waals surface area contributed by atoms with Gasteiger partial charge < -0.3 is 5.32 Å². The van der Waals surface area contributed by atoms with Crippen LogP contribution in [0.1, 0.15) is 33.1 Å². The Morgan fingerprint density at radius 2 is 2.05 bits per heavy atom. The average Bonchev–Trinajstić information content (AvgIpc) is 3.12. The van der Waals surface area contributed by atoms with Crippen molar-refractivity contribution in [3.63, 3.8) is 0 Å². The first-order valence-corrected chi connectivity index (χ1v) is 8.32. The van der Waals surface area contributed by atoms with Gasteiger partial charge >= 0.3 is 0 Å². The molecule has 1 aliphatic carbocycles. The van der Waals surface area contributed by atoms with E-state index in [9.17, 15) is 18.5 Å². The zero-order valence-corrected chi connectivity index (χ0v) is 12.9. The molecule has 0 amide bonds. The lowest BCUT2D eigenvalue weighted by Gasteiger charge is -2.13. The molecule has 0 unspecified atom stereocenters. The first-order valence-electron chi connectivity index (χ1n) is 6.84. The minimum absolute atomic E-state index is 0.0793. The molecular formula is C13H19N3O4S. The summed E-state index contributed by atoms with van der Waals surface area (Å²) in [5.41, 5.74) is -0.307. The number of anilines is 1. The first kappa shape index (κ1) is 15.7. The molecule has 0 atom stereocenters. The smallest absolute Gasteiger partial charge is 0.293 e. The molecule has 0 aromatic heterocycles. The highest BCUT2D eigenvalue weighted by atomic mass is 32.2. The maximum atomic E-state index is 12.2. The van der Waals surface area contributed by atoms with Crippen LogP contribution in [-0.2, 0) is 10.0 Å². The van der Waals surface area contributed by atoms with Gasteiger partial charge in [-0.1, -0.05) is 6.92 Å². The second-order valence-corrected chi connectivity index (χ2v) is 7.21. The highest BCUT2D eigenvalue weighted by molar-refractivity contribution is 7.89. The molecule has 0 saturated heterocycles. The van der Waals surface area contributed by atoms with E-state index in [-0.39, 0.29) is 10.6 Å². The molecule has 2 N–H and O–H groups in total. The maximum Gasteiger partial charge on any atom is 0.293 e. The van der Waals surface area contributed by atoms with Crippen molar-refractivity contribution in [3.8, 4) is 0 Å². The van der Waals surface area contributed by atoms with Crippen LogP contribution in [0.15, 0.2) is 23.1 Å². The van der Waals surface area contributed by atoms with E-state index < -0.39 is 20.5 Å². The summed E-state index contributed by atoms with van der Waals surface area (Å²) in [6, 6.07) is 3.93. The number of nitro groups is 1. The quantitative estimate of drug-likeness (QED) is 0.594. The third-order valence-electron chi connectivity index (χ3n) is 3.42. The lowest BCUT2D eigenvalue weighted by Crippen LogP contribution is -2.34. The Kier molecular flexibility index (Phi) is 4.20. The largest absolute Gasteiger partial charge is 0.380 e. The Labute approximate surface area is 123 Å². The molecular weight excluding hydrogens is 294 g/mol. The Morgan fingerprint density at radius 1 is 1.38 bits per heavy atom. The van der Waals surface area contributed by atoms with E-state index in [2.05, 4.69) is 10.0 Å². The van der Waals surface area contributed by atoms with Crippen LogP contribution in [-0.4, -0.2) is 25.4 Å². The molecule has 1 saturated carbocycles. The molecule has 2 rings (SSSR count). The fourth-order valence-electron chi connectivity index (χ4n) is 1.91. The van der Waals surface area contributed by atoms with Crippen LogP contribution >= 0.6 is 0 Å². The summed E-state index contributed by atoms with van der Waals surface area (Å²) in [6.45, 7) is 4.34. The van der Waals surface area contributed by atoms with Gasteiger partial charge in [0.2, 0.25) is 10.0 Å². The molecule has 8 heteroatoms. The highest BCUT2D eigenvalue weighted by Crippen LogP contribution is 2.36. The molecule has 7 nitrogen and oxygen atoms in total. The summed E-state index contributed by atoms with van der Waals surface area (Å²) < 4.78 is 27.0. The third kappa shape index (κ3) is 3.70. The van der Waals surface area contributed by atoms with Gasteiger partial charge in [-0.25, -0.2) is 13.1 Å². The van der Waals surface area contributed by atoms with Crippen LogP contribution in [0.25, 0.3) is 0 Å². The Hall–Kier alpha value is -1.67. The second-order valence-electron chi connectivity index (χ2n) is 5.53. The summed E-state index contributed by atoms with van der Waals surface area (Å²) >= 11 is 0. The van der Waals surface area contributed by atoms with E-state index in [0.717, 1.165) is 25.3 Å². The van der Waals surface area contributed by atoms with E-state index in [1.165, 1.54) is 12.1 Å². The maximum absolute atomic E-state index is 12.2. The second kappa shape index (κ2) is 5.61. The number of hydrogen-bond donors (Lipinski definition) is 2. The van der Waals surface area contributed by atoms with Crippen molar-refractivity contribution in [2.45, 2.75) is 43.5 Å². The predicted octanol–water partition coefficient (Wildman–Crippen LogP) is 2.25. The van der Waals surface area contributed by atoms with Crippen LogP contribution in [0.2, 0.25) is 0 Å². The Morgan fingerprint density at radius 3 is 2.57 bits per heavy atom. The Balaban J connectivity index is 2.32. The van der Waals surface area contributed by atoms with Crippen molar-refractivity contribution in [1.29, 1.82) is 0 Å². The van der Waals surface area contributed by atoms with E-state index in [4.69, 9.17) is 0 Å². The van der Waals surface area contributed by atoms with Crippen molar-refractivity contribution >= 4 is 21.4 Å². The topological polar surface area (TPSA) is 101 Å². The number of nitrogens with one attached hydrogen (secondary N) is 2. The molecule has 0 aliphatic heterocycles. The van der Waals surface area contributed by atoms with Gasteiger partial charge in [0.1, 0.15) is 5.69 Å². The molecule has 21 heavy (non-hydrogen) atoms. The van der Waals surface area contributed by atoms with Gasteiger partial charge in [-0.3, -0.25) is 10.1 Å². The summed E-state index contributed by atoms with van der Waals surface area (Å²) in [5, 5.41) is 14.0. The minimum Gasteiger partial charge on any atom is -0.380 e. The lowest BCUT2D eigenvalue weighted by molar-refractivity contribution is -0.384. The number of hydrogen-bond acceptors (Lipinski definition) is 5. The van der Waals surface area contributed by atoms with Gasteiger partial charge in [0, 0.05) is 18.2 Å². The van der Waals surface area contributed by atoms with Crippen molar-refractivity contribution < 1.29 is 13.3 Å². The monoisotopic (exact) mass is 313 g/mol. The van der Waals surface area contributed by atoms with Crippen LogP contribution in [0, 0.1) is 10.1 Å². The zero-order chi connectivity index (χ0) is 15.7. The van der Waals surface area contributed by atoms with Crippen LogP contribution < -0.4 is 10.0 Å². The highest BCUT2D eigenvalue weighted by Gasteiger charge is 2.41. The number of sulfonamides is 1. The third-order valence-corrected chi connectivity index (χ3v) is 5.06. The molecule has 1 fully saturated rings. The first-order chi connectivity index (χ1) is 9.77. The Bertz CT molecular complexity index is 653. The van der Waals surface area contributed by atoms with Gasteiger partial charge in [-0.15, -0.1) is 0 Å². The molecule has 116 valence electrons. The fraction of sp³-hybridized carbons (Fsp3) is 0.538. The molecule has 0 radical (unpaired) electrons. The van der Waals surface area contributed by atoms with Crippen LogP contribution in [0.4, 0.5) is 11.4 Å². The molecule has 0 spiro atoms. The number of rotatable bonds is 7. The van der Waals surface area contributed by atoms with E-state index in [1.807, 2.05) is 13.8 Å². The molecule has 0 heterocycles. The van der Waals surface area contributed by atoms with E-state index >= 15 is 0 Å². The van der Waals surface area contributed by atoms with Crippen molar-refractivity contribution in [1.82, 2.24) is 4.72 Å². The van der Waals surface area contributed by atoms with Gasteiger partial charge in [0.05, 0.1) is 9.82 Å². The average molecular weight is 313 g/mol. The van der Waals surface area contributed by atoms with Crippen molar-refractivity contribution in [2.75, 3.05) is 11.9 Å². The summed E-state index contributed by atoms with van der Waals surface area (Å²) in [4.78, 5) is 10.5. The SMILES string of the molecule is CCCNc1ccc(S(=O)(=O)NC2(C)CC2)cc1[N+](=O)[O-]. The van der Waals surface area contributed by atoms with Gasteiger partial charge in [-0.2, -0.15) is 0 Å². The standard InChI is InChI=1S/C13H19N3O4S/c1-3-8-14-11-5-4-10(9-12(11)16(17)18)21(19,20)15-13(2)6-7-13/h4-5,9,14-15H,3,6-8H2,1-2H3. The van der Waals surface area contributed by atoms with Gasteiger partial charge in [0.15, 0.2) is 0 Å². The molecule has 1 aliphatic rings. The lowest BCUT2D eigenvalue weighted by atomic mass is 10.2. The number of benzene rings is 1. The molecule has 1 aromatic rings. The summed E-state index contributed by atoms with van der Waals surface area (Å²) in [5.74, 6) is 0. The van der Waals surface area contributed by atoms with Crippen molar-refractivity contribution in [3.05, 3.63) is 28.3 Å². The van der Waals surface area contributed by atoms with Crippen LogP contribution in [0.3, 0.4) is 0 Å². The van der Waals surface area contributed by atoms with E-state index in [1.54, 1.807) is 0 Å². The molecule has 1 aromatic carbocycles. The summed E-state index contributed by atoms with van der Waals surface area (Å²) in [7, 11) is -3.73. The molecule has 0 bridgehead atoms. The number of nitrogens with zero attached hydrogens (tertiary/aromatic N) is 1. The zero-order valence-electron chi connectivity index (χ0n) is 12.0. The van der Waals surface area contributed by atoms with E-state index in [0.29, 0.717) is 12.2 Å². The van der Waals surface area contributed by atoms with Crippen molar-refractivity contribution in [2.24, 2.45) is 0 Å². The summed E-state index contributed by atoms with van der Waals surface area (Å²) in [6.07, 6.45) is 2.38. The predicted molar refractivity (Wildman–Crippen MR) is 79.8 cm³/mol. The van der Waals surface area contributed by atoms with Crippen LogP contribution in [0.5, 0.6) is 0 Å².